The van der Waals surface area contributed by atoms with E-state index in [1.165, 1.54) is 27.9 Å². The number of aryl methyl sites for hydroxylation is 2. The van der Waals surface area contributed by atoms with Gasteiger partial charge in [0.05, 0.1) is 5.69 Å². The molecule has 0 atom stereocenters. The second-order valence-electron chi connectivity index (χ2n) is 11.0. The van der Waals surface area contributed by atoms with Crippen molar-refractivity contribution < 1.29 is 20.1 Å². The van der Waals surface area contributed by atoms with Crippen molar-refractivity contribution in [2.24, 2.45) is 0 Å². The number of aromatic nitrogens is 3. The van der Waals surface area contributed by atoms with Gasteiger partial charge in [0.2, 0.25) is 0 Å². The molecule has 1 aliphatic rings. The molecule has 199 valence electrons. The van der Waals surface area contributed by atoms with Gasteiger partial charge in [-0.3, -0.25) is 4.98 Å². The van der Waals surface area contributed by atoms with E-state index in [0.29, 0.717) is 0 Å². The van der Waals surface area contributed by atoms with Crippen LogP contribution in [0.15, 0.2) is 91.3 Å². The molecular formula is C35H33IrN3-2. The van der Waals surface area contributed by atoms with Gasteiger partial charge in [0.15, 0.2) is 0 Å². The summed E-state index contributed by atoms with van der Waals surface area (Å²) in [5.41, 5.74) is 11.2. The number of pyridine rings is 3. The van der Waals surface area contributed by atoms with Crippen LogP contribution in [0.5, 0.6) is 0 Å². The molecule has 0 saturated carbocycles. The van der Waals surface area contributed by atoms with Gasteiger partial charge in [-0.1, -0.05) is 63.1 Å². The fourth-order valence-electron chi connectivity index (χ4n) is 5.02. The van der Waals surface area contributed by atoms with Crippen LogP contribution in [0.25, 0.3) is 33.6 Å². The van der Waals surface area contributed by atoms with Crippen LogP contribution in [0.3, 0.4) is 0 Å². The van der Waals surface area contributed by atoms with Crippen molar-refractivity contribution in [3.05, 3.63) is 126 Å². The van der Waals surface area contributed by atoms with Crippen LogP contribution in [0, 0.1) is 26.0 Å². The van der Waals surface area contributed by atoms with E-state index in [1.807, 2.05) is 60.9 Å². The average Bonchev–Trinajstić information content (AvgIpc) is 2.93. The van der Waals surface area contributed by atoms with Crippen molar-refractivity contribution in [3.63, 3.8) is 0 Å². The summed E-state index contributed by atoms with van der Waals surface area (Å²) in [5.74, 6) is 0. The molecule has 0 unspecified atom stereocenters. The van der Waals surface area contributed by atoms with E-state index < -0.39 is 0 Å². The number of hydrogen-bond donors (Lipinski definition) is 0. The topological polar surface area (TPSA) is 38.7 Å². The molecule has 0 saturated heterocycles. The Kier molecular flexibility index (Phi) is 8.30. The molecule has 3 aromatic heterocycles. The zero-order valence-corrected chi connectivity index (χ0v) is 25.7. The number of nitrogens with zero attached hydrogens (tertiary/aromatic N) is 3. The number of rotatable bonds is 2. The summed E-state index contributed by atoms with van der Waals surface area (Å²) in [7, 11) is 0. The zero-order chi connectivity index (χ0) is 26.9. The third-order valence-corrected chi connectivity index (χ3v) is 7.94. The molecule has 0 amide bonds. The van der Waals surface area contributed by atoms with Crippen LogP contribution in [0.1, 0.15) is 50.2 Å². The molecule has 0 fully saturated rings. The Morgan fingerprint density at radius 1 is 0.667 bits per heavy atom. The van der Waals surface area contributed by atoms with Crippen molar-refractivity contribution >= 4 is 0 Å². The summed E-state index contributed by atoms with van der Waals surface area (Å²) in [5, 5.41) is 0. The molecule has 5 aromatic rings. The van der Waals surface area contributed by atoms with Gasteiger partial charge in [-0.2, -0.15) is 0 Å². The van der Waals surface area contributed by atoms with Crippen molar-refractivity contribution in [2.45, 2.75) is 52.4 Å². The largest absolute Gasteiger partial charge is 0.305 e. The third-order valence-electron chi connectivity index (χ3n) is 7.94. The van der Waals surface area contributed by atoms with Crippen LogP contribution < -0.4 is 0 Å². The maximum atomic E-state index is 4.94. The summed E-state index contributed by atoms with van der Waals surface area (Å²) in [6.07, 6.45) is 3.65. The molecule has 0 bridgehead atoms. The van der Waals surface area contributed by atoms with E-state index in [4.69, 9.17) is 4.98 Å². The molecule has 1 radical (unpaired) electrons. The molecule has 4 heteroatoms. The molecule has 2 aromatic carbocycles. The molecule has 6 rings (SSSR count). The van der Waals surface area contributed by atoms with E-state index in [0.717, 1.165) is 28.2 Å². The maximum absolute atomic E-state index is 4.94. The Hall–Kier alpha value is -3.46. The first-order valence-corrected chi connectivity index (χ1v) is 13.0. The van der Waals surface area contributed by atoms with Gasteiger partial charge >= 0.3 is 0 Å². The number of fused-ring (bicyclic) bond motifs is 3. The Labute approximate surface area is 246 Å². The molecule has 0 aliphatic heterocycles. The second kappa shape index (κ2) is 11.3. The van der Waals surface area contributed by atoms with Crippen molar-refractivity contribution in [1.82, 2.24) is 15.0 Å². The quantitative estimate of drug-likeness (QED) is 0.175. The first-order valence-electron chi connectivity index (χ1n) is 13.0. The fraction of sp³-hybridized carbons (Fsp3) is 0.229. The maximum Gasteiger partial charge on any atom is 0.0526 e. The number of hydrogen-bond acceptors (Lipinski definition) is 3. The first-order chi connectivity index (χ1) is 18.2. The standard InChI is InChI=1S/C23H23N2.C12H10N.Ir/c1-15-9-11-17-18-14-16(20-8-6-7-13-24-20)10-12-19(18)22(2,3)23(4,5)21(17)25-15;1-10-7-8-13-12(9-10)11-5-3-2-4-6-11;/h6-9,11-14H,1-5H3;2-5,7-9H,1H3;/q2*-1;. The SMILES string of the molecule is Cc1ccc2c(n1)C(C)(C)C(C)(C)c1c[c-]c(-c3ccccn3)cc1-2.Cc1ccnc(-c2[c-]cccc2)c1.[Ir]. The van der Waals surface area contributed by atoms with Crippen LogP contribution >= 0.6 is 0 Å². The zero-order valence-electron chi connectivity index (χ0n) is 23.3. The molecule has 1 aliphatic carbocycles. The summed E-state index contributed by atoms with van der Waals surface area (Å²) in [6, 6.07) is 33.2. The van der Waals surface area contributed by atoms with Crippen molar-refractivity contribution in [3.8, 4) is 33.6 Å². The summed E-state index contributed by atoms with van der Waals surface area (Å²) in [4.78, 5) is 13.7. The van der Waals surface area contributed by atoms with Crippen molar-refractivity contribution in [1.29, 1.82) is 0 Å². The average molecular weight is 688 g/mol. The first kappa shape index (κ1) is 28.5. The molecular weight excluding hydrogens is 655 g/mol. The Morgan fingerprint density at radius 3 is 2.13 bits per heavy atom. The second-order valence-corrected chi connectivity index (χ2v) is 11.0. The summed E-state index contributed by atoms with van der Waals surface area (Å²) in [6.45, 7) is 13.4. The van der Waals surface area contributed by atoms with Gasteiger partial charge < -0.3 is 9.97 Å². The van der Waals surface area contributed by atoms with Crippen molar-refractivity contribution in [2.75, 3.05) is 0 Å². The third kappa shape index (κ3) is 5.50. The van der Waals surface area contributed by atoms with E-state index in [2.05, 4.69) is 94.0 Å². The van der Waals surface area contributed by atoms with E-state index >= 15 is 0 Å². The van der Waals surface area contributed by atoms with Gasteiger partial charge in [-0.15, -0.1) is 65.2 Å². The Morgan fingerprint density at radius 2 is 1.44 bits per heavy atom. The minimum atomic E-state index is -0.0539. The van der Waals surface area contributed by atoms with Crippen LogP contribution in [0.4, 0.5) is 0 Å². The van der Waals surface area contributed by atoms with E-state index in [1.54, 1.807) is 0 Å². The fourth-order valence-corrected chi connectivity index (χ4v) is 5.02. The smallest absolute Gasteiger partial charge is 0.0526 e. The van der Waals surface area contributed by atoms with Gasteiger partial charge in [-0.05, 0) is 54.4 Å². The molecule has 3 nitrogen and oxygen atoms in total. The minimum absolute atomic E-state index is 0. The summed E-state index contributed by atoms with van der Waals surface area (Å²) >= 11 is 0. The van der Waals surface area contributed by atoms with Gasteiger partial charge in [-0.25, -0.2) is 0 Å². The predicted molar refractivity (Wildman–Crippen MR) is 156 cm³/mol. The van der Waals surface area contributed by atoms with E-state index in [-0.39, 0.29) is 30.9 Å². The van der Waals surface area contributed by atoms with Gasteiger partial charge in [0.1, 0.15) is 0 Å². The molecule has 0 N–H and O–H groups in total. The minimum Gasteiger partial charge on any atom is -0.305 e. The monoisotopic (exact) mass is 688 g/mol. The van der Waals surface area contributed by atoms with Gasteiger partial charge in [0.25, 0.3) is 0 Å². The van der Waals surface area contributed by atoms with E-state index in [9.17, 15) is 0 Å². The van der Waals surface area contributed by atoms with Crippen LogP contribution in [-0.2, 0) is 30.9 Å². The normalized spacial score (nSPS) is 14.1. The van der Waals surface area contributed by atoms with Crippen LogP contribution in [-0.4, -0.2) is 15.0 Å². The Balaban J connectivity index is 0.000000213. The molecule has 3 heterocycles. The Bertz CT molecular complexity index is 1570. The predicted octanol–water partition coefficient (Wildman–Crippen LogP) is 8.34. The van der Waals surface area contributed by atoms with Crippen LogP contribution in [0.2, 0.25) is 0 Å². The molecule has 39 heavy (non-hydrogen) atoms. The molecule has 0 spiro atoms. The van der Waals surface area contributed by atoms with Gasteiger partial charge in [0, 0.05) is 43.6 Å². The summed E-state index contributed by atoms with van der Waals surface area (Å²) < 4.78 is 0. The number of benzene rings is 2.